The van der Waals surface area contributed by atoms with Crippen molar-refractivity contribution >= 4 is 0 Å². The Bertz CT molecular complexity index is 66.3. The van der Waals surface area contributed by atoms with Gasteiger partial charge < -0.3 is 0 Å². The molecule has 0 aromatic rings. The van der Waals surface area contributed by atoms with Crippen molar-refractivity contribution in [3.8, 4) is 0 Å². The quantitative estimate of drug-likeness (QED) is 0.527. The summed E-state index contributed by atoms with van der Waals surface area (Å²) >= 11 is 0. The summed E-state index contributed by atoms with van der Waals surface area (Å²) < 4.78 is 35.3. The van der Waals surface area contributed by atoms with E-state index in [1.807, 2.05) is 0 Å². The Morgan fingerprint density at radius 3 is 1.25 bits per heavy atom. The van der Waals surface area contributed by atoms with E-state index in [0.29, 0.717) is 0 Å². The molecule has 2 N–H and O–H groups in total. The highest BCUT2D eigenvalue weighted by molar-refractivity contribution is 4.78. The molecule has 4 heteroatoms. The number of nitrogens with two attached hydrogens (primary N) is 1. The zero-order valence-corrected chi connectivity index (χ0v) is 4.71. The second-order valence-electron chi connectivity index (χ2n) is 2.10. The van der Waals surface area contributed by atoms with Gasteiger partial charge in [0.15, 0.2) is 5.67 Å². The van der Waals surface area contributed by atoms with E-state index < -0.39 is 11.7 Å². The van der Waals surface area contributed by atoms with Gasteiger partial charge in [-0.15, -0.1) is 0 Å². The first-order valence-electron chi connectivity index (χ1n) is 2.11. The Kier molecular flexibility index (Phi) is 1.57. The van der Waals surface area contributed by atoms with E-state index in [9.17, 15) is 13.2 Å². The molecule has 0 radical (unpaired) electrons. The van der Waals surface area contributed by atoms with Crippen molar-refractivity contribution in [2.24, 2.45) is 5.73 Å². The van der Waals surface area contributed by atoms with Gasteiger partial charge in [0.2, 0.25) is 0 Å². The maximum atomic E-state index is 12.0. The molecule has 1 nitrogen and oxygen atoms in total. The van der Waals surface area contributed by atoms with Gasteiger partial charge in [-0.2, -0.15) is 8.78 Å². The summed E-state index contributed by atoms with van der Waals surface area (Å²) in [5, 5.41) is 0. The van der Waals surface area contributed by atoms with Crippen molar-refractivity contribution in [3.63, 3.8) is 0 Å². The fourth-order valence-corrected chi connectivity index (χ4v) is 0. The average Bonchev–Trinajstić information content (AvgIpc) is 1.25. The van der Waals surface area contributed by atoms with Crippen LogP contribution in [0.1, 0.15) is 13.8 Å². The minimum absolute atomic E-state index is 0.729. The van der Waals surface area contributed by atoms with Crippen LogP contribution in [0.15, 0.2) is 0 Å². The molecule has 0 amide bonds. The van der Waals surface area contributed by atoms with E-state index in [1.54, 1.807) is 0 Å². The summed E-state index contributed by atoms with van der Waals surface area (Å²) in [5.41, 5.74) is 1.49. The molecular weight excluding hydrogens is 119 g/mol. The molecule has 0 aliphatic rings. The van der Waals surface area contributed by atoms with E-state index in [0.717, 1.165) is 13.8 Å². The summed E-state index contributed by atoms with van der Waals surface area (Å²) in [7, 11) is 0. The number of rotatable bonds is 1. The highest BCUT2D eigenvalue weighted by atomic mass is 19.3. The summed E-state index contributed by atoms with van der Waals surface area (Å²) in [6.07, 6.45) is 0. The SMILES string of the molecule is CC(C)(F)C(N)(F)F. The van der Waals surface area contributed by atoms with E-state index in [2.05, 4.69) is 5.73 Å². The van der Waals surface area contributed by atoms with Gasteiger partial charge in [-0.3, -0.25) is 5.73 Å². The van der Waals surface area contributed by atoms with Crippen LogP contribution in [0.3, 0.4) is 0 Å². The maximum absolute atomic E-state index is 12.0. The molecule has 0 saturated heterocycles. The number of alkyl halides is 3. The second kappa shape index (κ2) is 1.62. The third kappa shape index (κ3) is 1.69. The van der Waals surface area contributed by atoms with Crippen LogP contribution in [0.2, 0.25) is 0 Å². The predicted molar refractivity (Wildman–Crippen MR) is 24.3 cm³/mol. The lowest BCUT2D eigenvalue weighted by atomic mass is 10.1. The first-order chi connectivity index (χ1) is 3.25. The molecule has 0 aliphatic carbocycles. The molecule has 0 fully saturated rings. The van der Waals surface area contributed by atoms with Crippen molar-refractivity contribution in [1.29, 1.82) is 0 Å². The smallest absolute Gasteiger partial charge is 0.269 e. The fourth-order valence-electron chi connectivity index (χ4n) is 0. The largest absolute Gasteiger partial charge is 0.333 e. The van der Waals surface area contributed by atoms with Crippen molar-refractivity contribution in [3.05, 3.63) is 0 Å². The Morgan fingerprint density at radius 2 is 1.25 bits per heavy atom. The molecule has 0 saturated carbocycles. The molecule has 0 spiro atoms. The first kappa shape index (κ1) is 7.75. The van der Waals surface area contributed by atoms with Crippen molar-refractivity contribution < 1.29 is 13.2 Å². The highest BCUT2D eigenvalue weighted by Gasteiger charge is 2.43. The van der Waals surface area contributed by atoms with E-state index in [-0.39, 0.29) is 0 Å². The number of hydrogen-bond acceptors (Lipinski definition) is 1. The molecule has 50 valence electrons. The lowest BCUT2D eigenvalue weighted by Gasteiger charge is -2.21. The molecule has 8 heavy (non-hydrogen) atoms. The van der Waals surface area contributed by atoms with Crippen LogP contribution < -0.4 is 5.73 Å². The monoisotopic (exact) mass is 127 g/mol. The lowest BCUT2D eigenvalue weighted by Crippen LogP contribution is -2.46. The average molecular weight is 127 g/mol. The minimum atomic E-state index is -3.73. The van der Waals surface area contributed by atoms with Gasteiger partial charge >= 0.3 is 6.05 Å². The van der Waals surface area contributed by atoms with E-state index in [4.69, 9.17) is 0 Å². The van der Waals surface area contributed by atoms with Crippen LogP contribution >= 0.6 is 0 Å². The fraction of sp³-hybridized carbons (Fsp3) is 1.00. The Morgan fingerprint density at radius 1 is 1.12 bits per heavy atom. The van der Waals surface area contributed by atoms with Gasteiger partial charge in [0.25, 0.3) is 0 Å². The topological polar surface area (TPSA) is 26.0 Å². The molecular formula is C4H8F3N. The number of hydrogen-bond donors (Lipinski definition) is 1. The van der Waals surface area contributed by atoms with Gasteiger partial charge in [-0.25, -0.2) is 4.39 Å². The standard InChI is InChI=1S/C4H8F3N/c1-3(2,5)4(6,7)8/h8H2,1-2H3. The Balaban J connectivity index is 4.02. The lowest BCUT2D eigenvalue weighted by molar-refractivity contribution is -0.114. The van der Waals surface area contributed by atoms with Gasteiger partial charge in [0.05, 0.1) is 0 Å². The highest BCUT2D eigenvalue weighted by Crippen LogP contribution is 2.25. The summed E-state index contributed by atoms with van der Waals surface area (Å²) in [4.78, 5) is 0. The van der Waals surface area contributed by atoms with Gasteiger partial charge in [0.1, 0.15) is 0 Å². The second-order valence-corrected chi connectivity index (χ2v) is 2.10. The van der Waals surface area contributed by atoms with Crippen LogP contribution in [0, 0.1) is 0 Å². The Hall–Kier alpha value is -0.250. The first-order valence-corrected chi connectivity index (χ1v) is 2.11. The molecule has 0 bridgehead atoms. The number of halogens is 3. The Labute approximate surface area is 45.7 Å². The zero-order chi connectivity index (χ0) is 7.00. The maximum Gasteiger partial charge on any atom is 0.333 e. The van der Waals surface area contributed by atoms with Crippen molar-refractivity contribution in [2.45, 2.75) is 25.6 Å². The van der Waals surface area contributed by atoms with Gasteiger partial charge in [-0.05, 0) is 13.8 Å². The van der Waals surface area contributed by atoms with Crippen molar-refractivity contribution in [1.82, 2.24) is 0 Å². The summed E-state index contributed by atoms with van der Waals surface area (Å²) in [6.45, 7) is 1.46. The molecule has 0 unspecified atom stereocenters. The van der Waals surface area contributed by atoms with Crippen LogP contribution in [-0.2, 0) is 0 Å². The molecule has 0 aromatic heterocycles. The van der Waals surface area contributed by atoms with Crippen LogP contribution in [0.5, 0.6) is 0 Å². The molecule has 0 atom stereocenters. The van der Waals surface area contributed by atoms with E-state index in [1.165, 1.54) is 0 Å². The zero-order valence-electron chi connectivity index (χ0n) is 4.71. The normalized spacial score (nSPS) is 14.2. The summed E-state index contributed by atoms with van der Waals surface area (Å²) in [6, 6.07) is -3.73. The van der Waals surface area contributed by atoms with Gasteiger partial charge in [-0.1, -0.05) is 0 Å². The van der Waals surface area contributed by atoms with Crippen molar-refractivity contribution in [2.75, 3.05) is 0 Å². The van der Waals surface area contributed by atoms with Gasteiger partial charge in [0, 0.05) is 0 Å². The summed E-state index contributed by atoms with van der Waals surface area (Å²) in [5.74, 6) is 0. The minimum Gasteiger partial charge on any atom is -0.269 e. The third-order valence-corrected chi connectivity index (χ3v) is 0.793. The van der Waals surface area contributed by atoms with Crippen LogP contribution in [0.4, 0.5) is 13.2 Å². The molecule has 0 rings (SSSR count). The molecule has 0 aliphatic heterocycles. The molecule has 0 heterocycles. The predicted octanol–water partition coefficient (Wildman–Crippen LogP) is 1.29. The van der Waals surface area contributed by atoms with Crippen LogP contribution in [-0.4, -0.2) is 11.7 Å². The van der Waals surface area contributed by atoms with E-state index >= 15 is 0 Å². The third-order valence-electron chi connectivity index (χ3n) is 0.793. The van der Waals surface area contributed by atoms with Crippen LogP contribution in [0.25, 0.3) is 0 Å². The molecule has 0 aromatic carbocycles.